The highest BCUT2D eigenvalue weighted by Gasteiger charge is 2.19. The molecule has 0 saturated carbocycles. The monoisotopic (exact) mass is 322 g/mol. The molecule has 1 aromatic carbocycles. The first-order valence-electron chi connectivity index (χ1n) is 7.99. The van der Waals surface area contributed by atoms with Crippen LogP contribution in [-0.4, -0.2) is 50.4 Å². The molecular weight excluding hydrogens is 296 g/mol. The van der Waals surface area contributed by atoms with E-state index in [0.29, 0.717) is 37.8 Å². The molecule has 128 valence electrons. The molecule has 1 aliphatic rings. The maximum absolute atomic E-state index is 12.3. The molecule has 1 unspecified atom stereocenters. The number of carbonyl (C=O) groups is 1. The van der Waals surface area contributed by atoms with Crippen LogP contribution < -0.4 is 14.8 Å². The summed E-state index contributed by atoms with van der Waals surface area (Å²) in [5.74, 6) is 1.38. The van der Waals surface area contributed by atoms with E-state index in [1.54, 1.807) is 12.0 Å². The highest BCUT2D eigenvalue weighted by molar-refractivity contribution is 5.74. The summed E-state index contributed by atoms with van der Waals surface area (Å²) in [6.07, 6.45) is 0.0770. The second-order valence-corrected chi connectivity index (χ2v) is 5.85. The van der Waals surface area contributed by atoms with Gasteiger partial charge in [-0.3, -0.25) is 0 Å². The van der Waals surface area contributed by atoms with Gasteiger partial charge in [-0.25, -0.2) is 4.79 Å². The normalized spacial score (nSPS) is 16.1. The number of hydrogen-bond donors (Lipinski definition) is 1. The first-order valence-corrected chi connectivity index (χ1v) is 7.99. The van der Waals surface area contributed by atoms with E-state index in [0.717, 1.165) is 5.56 Å². The molecule has 0 bridgehead atoms. The van der Waals surface area contributed by atoms with Gasteiger partial charge < -0.3 is 24.4 Å². The number of benzene rings is 1. The van der Waals surface area contributed by atoms with Crippen molar-refractivity contribution in [3.05, 3.63) is 23.8 Å². The minimum atomic E-state index is -0.118. The fourth-order valence-corrected chi connectivity index (χ4v) is 2.43. The molecular formula is C17H26N2O4. The van der Waals surface area contributed by atoms with Crippen molar-refractivity contribution in [2.75, 3.05) is 33.4 Å². The molecule has 1 aromatic rings. The Kier molecular flexibility index (Phi) is 6.10. The van der Waals surface area contributed by atoms with E-state index >= 15 is 0 Å². The van der Waals surface area contributed by atoms with Gasteiger partial charge in [-0.15, -0.1) is 0 Å². The average Bonchev–Trinajstić information content (AvgIpc) is 2.55. The smallest absolute Gasteiger partial charge is 0.318 e. The van der Waals surface area contributed by atoms with Gasteiger partial charge >= 0.3 is 6.03 Å². The fraction of sp³-hybridized carbons (Fsp3) is 0.588. The first kappa shape index (κ1) is 17.4. The van der Waals surface area contributed by atoms with Gasteiger partial charge in [0.05, 0.1) is 32.5 Å². The molecule has 1 atom stereocenters. The number of nitrogens with one attached hydrogen (secondary N) is 1. The number of amides is 2. The number of nitrogens with zero attached hydrogens (tertiary/aromatic N) is 1. The number of carbonyl (C=O) groups excluding carboxylic acids is 1. The van der Waals surface area contributed by atoms with Crippen LogP contribution in [0.15, 0.2) is 18.2 Å². The molecule has 0 aromatic heterocycles. The standard InChI is InChI=1S/C17H26N2O4/c1-12(2)23-15-6-5-14(11-16(15)21-4)13(3)18-17(20)19-7-9-22-10-8-19/h5-6,11-13H,7-10H2,1-4H3,(H,18,20). The second kappa shape index (κ2) is 8.06. The Morgan fingerprint density at radius 3 is 2.52 bits per heavy atom. The predicted octanol–water partition coefficient (Wildman–Crippen LogP) is 2.59. The molecule has 1 aliphatic heterocycles. The molecule has 0 radical (unpaired) electrons. The molecule has 6 nitrogen and oxygen atoms in total. The molecule has 1 N–H and O–H groups in total. The Balaban J connectivity index is 2.03. The number of ether oxygens (including phenoxy) is 3. The van der Waals surface area contributed by atoms with Gasteiger partial charge in [0, 0.05) is 13.1 Å². The topological polar surface area (TPSA) is 60.0 Å². The summed E-state index contributed by atoms with van der Waals surface area (Å²) in [6.45, 7) is 8.34. The van der Waals surface area contributed by atoms with Gasteiger partial charge in [0.15, 0.2) is 11.5 Å². The van der Waals surface area contributed by atoms with Crippen molar-refractivity contribution in [2.24, 2.45) is 0 Å². The number of rotatable bonds is 5. The number of urea groups is 1. The van der Waals surface area contributed by atoms with Gasteiger partial charge in [-0.2, -0.15) is 0 Å². The fourth-order valence-electron chi connectivity index (χ4n) is 2.43. The maximum atomic E-state index is 12.3. The van der Waals surface area contributed by atoms with E-state index in [1.807, 2.05) is 39.0 Å². The highest BCUT2D eigenvalue weighted by Crippen LogP contribution is 2.31. The highest BCUT2D eigenvalue weighted by atomic mass is 16.5. The van der Waals surface area contributed by atoms with Crippen molar-refractivity contribution < 1.29 is 19.0 Å². The van der Waals surface area contributed by atoms with E-state index in [4.69, 9.17) is 14.2 Å². The van der Waals surface area contributed by atoms with Crippen molar-refractivity contribution >= 4 is 6.03 Å². The summed E-state index contributed by atoms with van der Waals surface area (Å²) < 4.78 is 16.4. The number of hydrogen-bond acceptors (Lipinski definition) is 4. The third-order valence-corrected chi connectivity index (χ3v) is 3.69. The van der Waals surface area contributed by atoms with Gasteiger partial charge in [-0.1, -0.05) is 6.07 Å². The van der Waals surface area contributed by atoms with Gasteiger partial charge in [-0.05, 0) is 38.5 Å². The average molecular weight is 322 g/mol. The van der Waals surface area contributed by atoms with Crippen LogP contribution in [0.3, 0.4) is 0 Å². The summed E-state index contributed by atoms with van der Waals surface area (Å²) in [5, 5.41) is 3.01. The Labute approximate surface area is 137 Å². The van der Waals surface area contributed by atoms with Crippen molar-refractivity contribution in [1.29, 1.82) is 0 Å². The van der Waals surface area contributed by atoms with Gasteiger partial charge in [0.25, 0.3) is 0 Å². The minimum Gasteiger partial charge on any atom is -0.493 e. The lowest BCUT2D eigenvalue weighted by Crippen LogP contribution is -2.46. The van der Waals surface area contributed by atoms with Crippen LogP contribution in [0.25, 0.3) is 0 Å². The molecule has 0 aliphatic carbocycles. The first-order chi connectivity index (χ1) is 11.0. The molecule has 1 fully saturated rings. The molecule has 1 heterocycles. The van der Waals surface area contributed by atoms with Crippen LogP contribution in [0.5, 0.6) is 11.5 Å². The second-order valence-electron chi connectivity index (χ2n) is 5.85. The van der Waals surface area contributed by atoms with Crippen LogP contribution >= 0.6 is 0 Å². The maximum Gasteiger partial charge on any atom is 0.318 e. The van der Waals surface area contributed by atoms with Gasteiger partial charge in [0.2, 0.25) is 0 Å². The lowest BCUT2D eigenvalue weighted by molar-refractivity contribution is 0.0526. The third kappa shape index (κ3) is 4.76. The lowest BCUT2D eigenvalue weighted by atomic mass is 10.1. The predicted molar refractivity (Wildman–Crippen MR) is 88.1 cm³/mol. The van der Waals surface area contributed by atoms with Crippen molar-refractivity contribution in [1.82, 2.24) is 10.2 Å². The Morgan fingerprint density at radius 2 is 1.91 bits per heavy atom. The number of morpholine rings is 1. The molecule has 0 spiro atoms. The van der Waals surface area contributed by atoms with Crippen LogP contribution in [0.1, 0.15) is 32.4 Å². The molecule has 23 heavy (non-hydrogen) atoms. The van der Waals surface area contributed by atoms with Crippen LogP contribution in [0.2, 0.25) is 0 Å². The van der Waals surface area contributed by atoms with E-state index in [9.17, 15) is 4.79 Å². The summed E-state index contributed by atoms with van der Waals surface area (Å²) in [6, 6.07) is 5.55. The summed E-state index contributed by atoms with van der Waals surface area (Å²) in [7, 11) is 1.61. The Bertz CT molecular complexity index is 527. The van der Waals surface area contributed by atoms with E-state index in [-0.39, 0.29) is 18.2 Å². The van der Waals surface area contributed by atoms with Crippen LogP contribution in [0.4, 0.5) is 4.79 Å². The zero-order valence-corrected chi connectivity index (χ0v) is 14.3. The zero-order valence-electron chi connectivity index (χ0n) is 14.3. The lowest BCUT2D eigenvalue weighted by Gasteiger charge is -2.28. The van der Waals surface area contributed by atoms with E-state index in [2.05, 4.69) is 5.32 Å². The van der Waals surface area contributed by atoms with Crippen molar-refractivity contribution in [2.45, 2.75) is 32.9 Å². The van der Waals surface area contributed by atoms with Crippen LogP contribution in [-0.2, 0) is 4.74 Å². The van der Waals surface area contributed by atoms with Crippen molar-refractivity contribution in [3.63, 3.8) is 0 Å². The number of methoxy groups -OCH3 is 1. The zero-order chi connectivity index (χ0) is 16.8. The van der Waals surface area contributed by atoms with Crippen LogP contribution in [0, 0.1) is 0 Å². The molecule has 1 saturated heterocycles. The Hall–Kier alpha value is -1.95. The molecule has 2 amide bonds. The largest absolute Gasteiger partial charge is 0.493 e. The quantitative estimate of drug-likeness (QED) is 0.905. The molecule has 2 rings (SSSR count). The van der Waals surface area contributed by atoms with Gasteiger partial charge in [0.1, 0.15) is 0 Å². The van der Waals surface area contributed by atoms with E-state index < -0.39 is 0 Å². The third-order valence-electron chi connectivity index (χ3n) is 3.69. The van der Waals surface area contributed by atoms with Crippen molar-refractivity contribution in [3.8, 4) is 11.5 Å². The molecule has 6 heteroatoms. The minimum absolute atomic E-state index is 0.0673. The summed E-state index contributed by atoms with van der Waals surface area (Å²) >= 11 is 0. The van der Waals surface area contributed by atoms with E-state index in [1.165, 1.54) is 0 Å². The Morgan fingerprint density at radius 1 is 1.22 bits per heavy atom. The SMILES string of the molecule is COc1cc(C(C)NC(=O)N2CCOCC2)ccc1OC(C)C. The summed E-state index contributed by atoms with van der Waals surface area (Å²) in [5.41, 5.74) is 0.972. The summed E-state index contributed by atoms with van der Waals surface area (Å²) in [4.78, 5) is 14.0.